The molecule has 150 valence electrons. The summed E-state index contributed by atoms with van der Waals surface area (Å²) in [5.41, 5.74) is 0.893. The number of carbonyl (C=O) groups excluding carboxylic acids is 2. The third-order valence-electron chi connectivity index (χ3n) is 5.76. The van der Waals surface area contributed by atoms with Crippen molar-refractivity contribution >= 4 is 24.0 Å². The molecule has 1 saturated carbocycles. The van der Waals surface area contributed by atoms with Crippen molar-refractivity contribution in [3.05, 3.63) is 46.1 Å². The van der Waals surface area contributed by atoms with Crippen LogP contribution in [-0.2, 0) is 14.9 Å². The Hall–Kier alpha value is -3.22. The first-order chi connectivity index (χ1) is 14.1. The van der Waals surface area contributed by atoms with E-state index in [2.05, 4.69) is 10.3 Å². The average molecular weight is 394 g/mol. The number of aromatic nitrogens is 1. The van der Waals surface area contributed by atoms with Gasteiger partial charge in [0, 0.05) is 5.35 Å². The van der Waals surface area contributed by atoms with E-state index in [0.29, 0.717) is 24.5 Å². The highest BCUT2D eigenvalue weighted by Crippen LogP contribution is 2.50. The standard InChI is InChI=1S/C22H22N2O5/c1-2-27-20(25)17-10-13-9-15(4-5-16(13)24-17)23-21(26)22(7-8-22)14-3-6-18-19(11-14)29-12-28-18/h3,5-6,9-11,15,24H,2,4,7-8,12H2,1H3,(H,23,26). The second-order valence-corrected chi connectivity index (χ2v) is 7.61. The summed E-state index contributed by atoms with van der Waals surface area (Å²) in [6.45, 7) is 2.33. The second-order valence-electron chi connectivity index (χ2n) is 7.61. The van der Waals surface area contributed by atoms with E-state index in [-0.39, 0.29) is 24.7 Å². The number of rotatable bonds is 5. The first kappa shape index (κ1) is 17.8. The number of hydrogen-bond donors (Lipinski definition) is 2. The van der Waals surface area contributed by atoms with Crippen molar-refractivity contribution in [2.75, 3.05) is 13.4 Å². The molecule has 1 aromatic heterocycles. The number of ether oxygens (including phenoxy) is 3. The van der Waals surface area contributed by atoms with Gasteiger partial charge >= 0.3 is 5.97 Å². The maximum absolute atomic E-state index is 13.1. The third-order valence-corrected chi connectivity index (χ3v) is 5.76. The van der Waals surface area contributed by atoms with Gasteiger partial charge in [-0.3, -0.25) is 4.79 Å². The van der Waals surface area contributed by atoms with Crippen LogP contribution in [0.1, 0.15) is 42.2 Å². The van der Waals surface area contributed by atoms with Crippen molar-refractivity contribution < 1.29 is 23.8 Å². The maximum atomic E-state index is 13.1. The van der Waals surface area contributed by atoms with E-state index < -0.39 is 5.41 Å². The molecule has 1 unspecified atom stereocenters. The molecule has 2 N–H and O–H groups in total. The molecule has 1 fully saturated rings. The molecule has 1 amide bonds. The van der Waals surface area contributed by atoms with Crippen LogP contribution in [0.15, 0.2) is 24.3 Å². The molecular weight excluding hydrogens is 372 g/mol. The Labute approximate surface area is 167 Å². The Morgan fingerprint density at radius 3 is 2.86 bits per heavy atom. The highest BCUT2D eigenvalue weighted by atomic mass is 16.7. The van der Waals surface area contributed by atoms with Gasteiger partial charge in [-0.1, -0.05) is 18.2 Å². The average Bonchev–Trinajstić information content (AvgIpc) is 3.21. The van der Waals surface area contributed by atoms with Crippen molar-refractivity contribution in [3.8, 4) is 11.5 Å². The zero-order valence-corrected chi connectivity index (χ0v) is 16.1. The van der Waals surface area contributed by atoms with Crippen LogP contribution < -0.4 is 25.4 Å². The number of esters is 1. The number of fused-ring (bicyclic) bond motifs is 2. The lowest BCUT2D eigenvalue weighted by molar-refractivity contribution is -0.123. The number of aromatic amines is 1. The summed E-state index contributed by atoms with van der Waals surface area (Å²) in [5, 5.41) is 4.95. The largest absolute Gasteiger partial charge is 0.461 e. The van der Waals surface area contributed by atoms with E-state index in [4.69, 9.17) is 14.2 Å². The summed E-state index contributed by atoms with van der Waals surface area (Å²) < 4.78 is 15.9. The molecular formula is C22H22N2O5. The molecule has 5 rings (SSSR count). The van der Waals surface area contributed by atoms with Gasteiger partial charge in [-0.05, 0) is 55.2 Å². The molecule has 0 radical (unpaired) electrons. The smallest absolute Gasteiger partial charge is 0.354 e. The normalized spacial score (nSPS) is 20.1. The first-order valence-electron chi connectivity index (χ1n) is 9.88. The van der Waals surface area contributed by atoms with Crippen LogP contribution in [0, 0.1) is 0 Å². The fraction of sp³-hybridized carbons (Fsp3) is 0.364. The fourth-order valence-electron chi connectivity index (χ4n) is 4.01. The SMILES string of the molecule is CCOC(=O)c1cc2c([nH]1)=CCC(NC(=O)C1(c3ccc4c(c3)OCO4)CC1)C=2. The van der Waals surface area contributed by atoms with Crippen LogP contribution >= 0.6 is 0 Å². The molecule has 0 spiro atoms. The van der Waals surface area contributed by atoms with E-state index in [1.54, 1.807) is 13.0 Å². The van der Waals surface area contributed by atoms with Gasteiger partial charge in [0.1, 0.15) is 5.69 Å². The minimum Gasteiger partial charge on any atom is -0.461 e. The summed E-state index contributed by atoms with van der Waals surface area (Å²) in [6, 6.07) is 7.39. The Morgan fingerprint density at radius 2 is 2.07 bits per heavy atom. The van der Waals surface area contributed by atoms with Crippen LogP contribution in [0.4, 0.5) is 0 Å². The van der Waals surface area contributed by atoms with Gasteiger partial charge in [0.2, 0.25) is 12.7 Å². The van der Waals surface area contributed by atoms with Crippen molar-refractivity contribution in [2.24, 2.45) is 0 Å². The number of benzene rings is 1. The van der Waals surface area contributed by atoms with Gasteiger partial charge in [-0.2, -0.15) is 0 Å². The molecule has 2 aliphatic carbocycles. The van der Waals surface area contributed by atoms with Crippen molar-refractivity contribution in [3.63, 3.8) is 0 Å². The molecule has 0 saturated heterocycles. The zero-order valence-electron chi connectivity index (χ0n) is 16.1. The van der Waals surface area contributed by atoms with E-state index in [0.717, 1.165) is 34.7 Å². The number of hydrogen-bond acceptors (Lipinski definition) is 5. The van der Waals surface area contributed by atoms with E-state index in [9.17, 15) is 9.59 Å². The van der Waals surface area contributed by atoms with Crippen molar-refractivity contribution in [1.82, 2.24) is 10.3 Å². The van der Waals surface area contributed by atoms with Crippen LogP contribution in [0.25, 0.3) is 12.2 Å². The summed E-state index contributed by atoms with van der Waals surface area (Å²) in [5.74, 6) is 1.07. The Bertz CT molecular complexity index is 1110. The summed E-state index contributed by atoms with van der Waals surface area (Å²) in [7, 11) is 0. The van der Waals surface area contributed by atoms with Gasteiger partial charge in [-0.25, -0.2) is 4.79 Å². The lowest BCUT2D eigenvalue weighted by atomic mass is 9.93. The molecule has 2 heterocycles. The van der Waals surface area contributed by atoms with Gasteiger partial charge in [-0.15, -0.1) is 0 Å². The Morgan fingerprint density at radius 1 is 1.24 bits per heavy atom. The number of nitrogens with one attached hydrogen (secondary N) is 2. The van der Waals surface area contributed by atoms with E-state index in [1.165, 1.54) is 0 Å². The number of carbonyl (C=O) groups is 2. The van der Waals surface area contributed by atoms with Gasteiger partial charge in [0.05, 0.1) is 18.1 Å². The fourth-order valence-corrected chi connectivity index (χ4v) is 4.01. The van der Waals surface area contributed by atoms with Gasteiger partial charge in [0.15, 0.2) is 11.5 Å². The lowest BCUT2D eigenvalue weighted by Crippen LogP contribution is -2.43. The monoisotopic (exact) mass is 394 g/mol. The van der Waals surface area contributed by atoms with Crippen LogP contribution in [0.3, 0.4) is 0 Å². The Kier molecular flexibility index (Phi) is 4.12. The summed E-state index contributed by atoms with van der Waals surface area (Å²) >= 11 is 0. The summed E-state index contributed by atoms with van der Waals surface area (Å²) in [6.07, 6.45) is 6.29. The second kappa shape index (κ2) is 6.69. The summed E-state index contributed by atoms with van der Waals surface area (Å²) in [4.78, 5) is 28.1. The van der Waals surface area contributed by atoms with Gasteiger partial charge < -0.3 is 24.5 Å². The number of amides is 1. The Balaban J connectivity index is 1.34. The molecule has 3 aliphatic rings. The molecule has 7 nitrogen and oxygen atoms in total. The van der Waals surface area contributed by atoms with Crippen molar-refractivity contribution in [1.29, 1.82) is 0 Å². The van der Waals surface area contributed by atoms with Crippen LogP contribution in [-0.4, -0.2) is 36.3 Å². The molecule has 0 bridgehead atoms. The molecule has 2 aromatic rings. The van der Waals surface area contributed by atoms with Crippen LogP contribution in [0.5, 0.6) is 11.5 Å². The quantitative estimate of drug-likeness (QED) is 0.742. The minimum absolute atomic E-state index is 0.0237. The van der Waals surface area contributed by atoms with Crippen LogP contribution in [0.2, 0.25) is 0 Å². The molecule has 7 heteroatoms. The van der Waals surface area contributed by atoms with E-state index in [1.807, 2.05) is 30.4 Å². The predicted molar refractivity (Wildman–Crippen MR) is 105 cm³/mol. The van der Waals surface area contributed by atoms with E-state index >= 15 is 0 Å². The maximum Gasteiger partial charge on any atom is 0.354 e. The molecule has 29 heavy (non-hydrogen) atoms. The molecule has 1 aromatic carbocycles. The first-order valence-corrected chi connectivity index (χ1v) is 9.88. The molecule has 1 aliphatic heterocycles. The minimum atomic E-state index is -0.497. The van der Waals surface area contributed by atoms with Crippen molar-refractivity contribution in [2.45, 2.75) is 37.6 Å². The highest BCUT2D eigenvalue weighted by molar-refractivity contribution is 5.92. The lowest BCUT2D eigenvalue weighted by Gasteiger charge is -2.21. The molecule has 1 atom stereocenters. The predicted octanol–water partition coefficient (Wildman–Crippen LogP) is 1.10. The number of H-pyrrole nitrogens is 1. The third kappa shape index (κ3) is 3.06. The highest BCUT2D eigenvalue weighted by Gasteiger charge is 2.52. The topological polar surface area (TPSA) is 89.7 Å². The van der Waals surface area contributed by atoms with Gasteiger partial charge in [0.25, 0.3) is 0 Å². The zero-order chi connectivity index (χ0) is 20.0.